The van der Waals surface area contributed by atoms with Crippen LogP contribution in [0.15, 0.2) is 53.7 Å². The van der Waals surface area contributed by atoms with Crippen LogP contribution in [0.5, 0.6) is 0 Å². The first kappa shape index (κ1) is 20.1. The SMILES string of the molecule is CCn1c(SCC(=O)NC(C)c2ccc(C)c(C)c2)nnc1-c1ccccc1. The van der Waals surface area contributed by atoms with Crippen LogP contribution >= 0.6 is 11.8 Å². The molecule has 3 rings (SSSR count). The number of carbonyl (C=O) groups is 1. The van der Waals surface area contributed by atoms with E-state index in [1.807, 2.05) is 41.8 Å². The van der Waals surface area contributed by atoms with Crippen molar-refractivity contribution in [1.82, 2.24) is 20.1 Å². The second-order valence-electron chi connectivity index (χ2n) is 6.84. The van der Waals surface area contributed by atoms with Crippen LogP contribution in [0.1, 0.15) is 36.6 Å². The van der Waals surface area contributed by atoms with E-state index < -0.39 is 0 Å². The number of hydrogen-bond donors (Lipinski definition) is 1. The molecule has 0 saturated carbocycles. The summed E-state index contributed by atoms with van der Waals surface area (Å²) in [5.74, 6) is 1.12. The van der Waals surface area contributed by atoms with Crippen molar-refractivity contribution >= 4 is 17.7 Å². The molecule has 1 atom stereocenters. The van der Waals surface area contributed by atoms with Crippen molar-refractivity contribution in [2.75, 3.05) is 5.75 Å². The maximum absolute atomic E-state index is 12.4. The van der Waals surface area contributed by atoms with Gasteiger partial charge in [0, 0.05) is 12.1 Å². The van der Waals surface area contributed by atoms with Gasteiger partial charge in [0.2, 0.25) is 5.91 Å². The first-order valence-corrected chi connectivity index (χ1v) is 10.5. The molecular formula is C22H26N4OS. The summed E-state index contributed by atoms with van der Waals surface area (Å²) in [6, 6.07) is 16.2. The molecule has 0 aliphatic heterocycles. The average molecular weight is 395 g/mol. The van der Waals surface area contributed by atoms with Crippen LogP contribution in [-0.4, -0.2) is 26.4 Å². The highest BCUT2D eigenvalue weighted by atomic mass is 32.2. The molecule has 5 nitrogen and oxygen atoms in total. The molecule has 0 bridgehead atoms. The van der Waals surface area contributed by atoms with Crippen LogP contribution in [0.4, 0.5) is 0 Å². The summed E-state index contributed by atoms with van der Waals surface area (Å²) in [6.45, 7) is 8.99. The average Bonchev–Trinajstić information content (AvgIpc) is 3.12. The number of nitrogens with zero attached hydrogens (tertiary/aromatic N) is 3. The Bertz CT molecular complexity index is 952. The Morgan fingerprint density at radius 1 is 1.11 bits per heavy atom. The van der Waals surface area contributed by atoms with Gasteiger partial charge in [-0.15, -0.1) is 10.2 Å². The van der Waals surface area contributed by atoms with E-state index in [9.17, 15) is 4.79 Å². The van der Waals surface area contributed by atoms with Gasteiger partial charge in [0.25, 0.3) is 0 Å². The third-order valence-electron chi connectivity index (χ3n) is 4.81. The van der Waals surface area contributed by atoms with Gasteiger partial charge in [0.05, 0.1) is 11.8 Å². The van der Waals surface area contributed by atoms with Crippen molar-refractivity contribution in [3.05, 3.63) is 65.2 Å². The molecule has 1 N–H and O–H groups in total. The van der Waals surface area contributed by atoms with Crippen LogP contribution in [0, 0.1) is 13.8 Å². The van der Waals surface area contributed by atoms with Gasteiger partial charge in [0.15, 0.2) is 11.0 Å². The molecule has 2 aromatic carbocycles. The highest BCUT2D eigenvalue weighted by Gasteiger charge is 2.16. The molecule has 146 valence electrons. The molecule has 1 unspecified atom stereocenters. The molecule has 0 saturated heterocycles. The standard InChI is InChI=1S/C22H26N4OS/c1-5-26-21(18-9-7-6-8-10-18)24-25-22(26)28-14-20(27)23-17(4)19-12-11-15(2)16(3)13-19/h6-13,17H,5,14H2,1-4H3,(H,23,27). The van der Waals surface area contributed by atoms with E-state index in [0.717, 1.165) is 28.7 Å². The number of amides is 1. The Morgan fingerprint density at radius 2 is 1.86 bits per heavy atom. The lowest BCUT2D eigenvalue weighted by Crippen LogP contribution is -2.28. The molecule has 0 spiro atoms. The molecule has 0 aliphatic carbocycles. The zero-order valence-corrected chi connectivity index (χ0v) is 17.6. The maximum atomic E-state index is 12.4. The fourth-order valence-corrected chi connectivity index (χ4v) is 3.83. The lowest BCUT2D eigenvalue weighted by molar-refractivity contribution is -0.119. The minimum atomic E-state index is -0.0312. The fraction of sp³-hybridized carbons (Fsp3) is 0.318. The molecule has 28 heavy (non-hydrogen) atoms. The Labute approximate surface area is 170 Å². The van der Waals surface area contributed by atoms with Crippen molar-refractivity contribution < 1.29 is 4.79 Å². The highest BCUT2D eigenvalue weighted by molar-refractivity contribution is 7.99. The Hall–Kier alpha value is -2.60. The van der Waals surface area contributed by atoms with E-state index in [2.05, 4.69) is 54.5 Å². The number of aryl methyl sites for hydroxylation is 2. The van der Waals surface area contributed by atoms with E-state index in [1.54, 1.807) is 0 Å². The fourth-order valence-electron chi connectivity index (χ4n) is 3.01. The monoisotopic (exact) mass is 394 g/mol. The van der Waals surface area contributed by atoms with Gasteiger partial charge in [-0.1, -0.05) is 60.3 Å². The second kappa shape index (κ2) is 9.06. The predicted octanol–water partition coefficient (Wildman–Crippen LogP) is 4.55. The number of carbonyl (C=O) groups excluding carboxylic acids is 1. The zero-order valence-electron chi connectivity index (χ0n) is 16.8. The van der Waals surface area contributed by atoms with Crippen molar-refractivity contribution in [3.63, 3.8) is 0 Å². The summed E-state index contributed by atoms with van der Waals surface area (Å²) in [7, 11) is 0. The lowest BCUT2D eigenvalue weighted by Gasteiger charge is -2.15. The van der Waals surface area contributed by atoms with E-state index in [0.29, 0.717) is 5.75 Å². The van der Waals surface area contributed by atoms with Crippen molar-refractivity contribution in [2.24, 2.45) is 0 Å². The topological polar surface area (TPSA) is 59.8 Å². The Kier molecular flexibility index (Phi) is 6.52. The van der Waals surface area contributed by atoms with Crippen LogP contribution in [-0.2, 0) is 11.3 Å². The zero-order chi connectivity index (χ0) is 20.1. The number of hydrogen-bond acceptors (Lipinski definition) is 4. The number of benzene rings is 2. The van der Waals surface area contributed by atoms with Crippen LogP contribution < -0.4 is 5.32 Å². The summed E-state index contributed by atoms with van der Waals surface area (Å²) < 4.78 is 2.04. The minimum absolute atomic E-state index is 0.0114. The summed E-state index contributed by atoms with van der Waals surface area (Å²) in [6.07, 6.45) is 0. The van der Waals surface area contributed by atoms with Gasteiger partial charge in [-0.05, 0) is 44.4 Å². The maximum Gasteiger partial charge on any atom is 0.230 e. The third-order valence-corrected chi connectivity index (χ3v) is 5.77. The molecule has 0 aliphatic rings. The number of nitrogens with one attached hydrogen (secondary N) is 1. The van der Waals surface area contributed by atoms with Crippen molar-refractivity contribution in [2.45, 2.75) is 45.4 Å². The molecule has 0 radical (unpaired) electrons. The van der Waals surface area contributed by atoms with E-state index in [1.165, 1.54) is 22.9 Å². The quantitative estimate of drug-likeness (QED) is 0.597. The second-order valence-corrected chi connectivity index (χ2v) is 7.78. The first-order chi connectivity index (χ1) is 13.5. The Balaban J connectivity index is 1.63. The van der Waals surface area contributed by atoms with Gasteiger partial charge in [-0.3, -0.25) is 4.79 Å². The molecule has 1 aromatic heterocycles. The van der Waals surface area contributed by atoms with Gasteiger partial charge >= 0.3 is 0 Å². The summed E-state index contributed by atoms with van der Waals surface area (Å²) in [4.78, 5) is 12.4. The number of thioether (sulfide) groups is 1. The molecule has 6 heteroatoms. The van der Waals surface area contributed by atoms with Gasteiger partial charge in [0.1, 0.15) is 0 Å². The molecule has 0 fully saturated rings. The molecule has 1 amide bonds. The van der Waals surface area contributed by atoms with Crippen molar-refractivity contribution in [1.29, 1.82) is 0 Å². The number of aromatic nitrogens is 3. The predicted molar refractivity (Wildman–Crippen MR) is 114 cm³/mol. The highest BCUT2D eigenvalue weighted by Crippen LogP contribution is 2.24. The first-order valence-electron chi connectivity index (χ1n) is 9.47. The lowest BCUT2D eigenvalue weighted by atomic mass is 10.0. The summed E-state index contributed by atoms with van der Waals surface area (Å²) in [5, 5.41) is 12.4. The van der Waals surface area contributed by atoms with Gasteiger partial charge in [-0.25, -0.2) is 0 Å². The molecular weight excluding hydrogens is 368 g/mol. The normalized spacial score (nSPS) is 12.0. The smallest absolute Gasteiger partial charge is 0.230 e. The summed E-state index contributed by atoms with van der Waals surface area (Å²) in [5.41, 5.74) is 4.63. The largest absolute Gasteiger partial charge is 0.349 e. The van der Waals surface area contributed by atoms with Gasteiger partial charge < -0.3 is 9.88 Å². The number of rotatable bonds is 7. The van der Waals surface area contributed by atoms with Crippen LogP contribution in [0.25, 0.3) is 11.4 Å². The third kappa shape index (κ3) is 4.62. The van der Waals surface area contributed by atoms with E-state index in [4.69, 9.17) is 0 Å². The summed E-state index contributed by atoms with van der Waals surface area (Å²) >= 11 is 1.42. The Morgan fingerprint density at radius 3 is 2.54 bits per heavy atom. The minimum Gasteiger partial charge on any atom is -0.349 e. The van der Waals surface area contributed by atoms with Crippen LogP contribution in [0.3, 0.4) is 0 Å². The molecule has 3 aromatic rings. The van der Waals surface area contributed by atoms with E-state index in [-0.39, 0.29) is 11.9 Å². The van der Waals surface area contributed by atoms with E-state index >= 15 is 0 Å². The van der Waals surface area contributed by atoms with Gasteiger partial charge in [-0.2, -0.15) is 0 Å². The van der Waals surface area contributed by atoms with Crippen LogP contribution in [0.2, 0.25) is 0 Å². The molecule has 1 heterocycles. The van der Waals surface area contributed by atoms with Crippen molar-refractivity contribution in [3.8, 4) is 11.4 Å².